The molecule has 0 aliphatic heterocycles. The van der Waals surface area contributed by atoms with E-state index < -0.39 is 18.2 Å². The Balaban J connectivity index is 1.59. The lowest BCUT2D eigenvalue weighted by Crippen LogP contribution is -2.56. The monoisotopic (exact) mass is 458 g/mol. The van der Waals surface area contributed by atoms with E-state index in [0.717, 1.165) is 44.1 Å². The van der Waals surface area contributed by atoms with E-state index >= 15 is 0 Å². The van der Waals surface area contributed by atoms with Crippen molar-refractivity contribution in [3.63, 3.8) is 0 Å². The van der Waals surface area contributed by atoms with Crippen LogP contribution >= 0.6 is 0 Å². The number of hydrogen-bond acceptors (Lipinski definition) is 3. The predicted octanol–water partition coefficient (Wildman–Crippen LogP) is 5.84. The Bertz CT molecular complexity index is 814. The second kappa shape index (κ2) is 8.82. The summed E-state index contributed by atoms with van der Waals surface area (Å²) in [5.41, 5.74) is 2.76. The topological polar surface area (TPSA) is 77.8 Å². The molecular formula is C29H46O4. The number of allylic oxidation sites excluding steroid dienone is 3. The van der Waals surface area contributed by atoms with Crippen LogP contribution in [0.4, 0.5) is 0 Å². The van der Waals surface area contributed by atoms with E-state index in [4.69, 9.17) is 0 Å². The molecule has 0 amide bonds. The highest BCUT2D eigenvalue weighted by molar-refractivity contribution is 5.70. The minimum Gasteiger partial charge on any atom is -0.481 e. The Kier molecular flexibility index (Phi) is 6.68. The Morgan fingerprint density at radius 1 is 1.15 bits per heavy atom. The third-order valence-electron chi connectivity index (χ3n) is 11.0. The normalized spacial score (nSPS) is 45.6. The zero-order valence-electron chi connectivity index (χ0n) is 21.4. The Labute approximate surface area is 200 Å². The number of carboxylic acids is 1. The van der Waals surface area contributed by atoms with Gasteiger partial charge in [0.1, 0.15) is 0 Å². The maximum absolute atomic E-state index is 12.4. The minimum atomic E-state index is -0.643. The summed E-state index contributed by atoms with van der Waals surface area (Å²) in [7, 11) is 0. The van der Waals surface area contributed by atoms with Gasteiger partial charge in [-0.1, -0.05) is 58.4 Å². The lowest BCUT2D eigenvalue weighted by molar-refractivity contribution is -0.148. The van der Waals surface area contributed by atoms with Crippen LogP contribution in [0.15, 0.2) is 23.8 Å². The zero-order chi connectivity index (χ0) is 24.3. The number of aliphatic carboxylic acids is 1. The first-order chi connectivity index (χ1) is 15.4. The smallest absolute Gasteiger partial charge is 0.306 e. The maximum Gasteiger partial charge on any atom is 0.306 e. The summed E-state index contributed by atoms with van der Waals surface area (Å²) in [4.78, 5) is 12.4. The lowest BCUT2D eigenvalue weighted by Gasteiger charge is -2.60. The molecule has 0 aromatic carbocycles. The first kappa shape index (κ1) is 25.0. The van der Waals surface area contributed by atoms with Crippen LogP contribution in [-0.4, -0.2) is 33.5 Å². The quantitative estimate of drug-likeness (QED) is 0.437. The van der Waals surface area contributed by atoms with Crippen molar-refractivity contribution in [2.45, 2.75) is 98.2 Å². The summed E-state index contributed by atoms with van der Waals surface area (Å²) in [5, 5.41) is 31.4. The molecule has 4 aliphatic rings. The van der Waals surface area contributed by atoms with Crippen LogP contribution in [0.1, 0.15) is 86.0 Å². The molecule has 4 aliphatic carbocycles. The molecule has 1 unspecified atom stereocenters. The molecule has 3 fully saturated rings. The van der Waals surface area contributed by atoms with Crippen LogP contribution in [0, 0.1) is 52.3 Å². The van der Waals surface area contributed by atoms with Gasteiger partial charge in [-0.15, -0.1) is 0 Å². The third-order valence-corrected chi connectivity index (χ3v) is 11.0. The van der Waals surface area contributed by atoms with E-state index in [2.05, 4.69) is 47.3 Å². The second-order valence-corrected chi connectivity index (χ2v) is 12.8. The van der Waals surface area contributed by atoms with E-state index in [1.54, 1.807) is 5.57 Å². The minimum absolute atomic E-state index is 0.0166. The van der Waals surface area contributed by atoms with Crippen LogP contribution in [-0.2, 0) is 4.79 Å². The Morgan fingerprint density at radius 3 is 2.45 bits per heavy atom. The van der Waals surface area contributed by atoms with Gasteiger partial charge in [0.05, 0.1) is 18.1 Å². The fraction of sp³-hybridized carbons (Fsp3) is 0.828. The summed E-state index contributed by atoms with van der Waals surface area (Å²) in [6.45, 7) is 15.3. The first-order valence-electron chi connectivity index (χ1n) is 13.4. The first-order valence-corrected chi connectivity index (χ1v) is 13.4. The van der Waals surface area contributed by atoms with Crippen LogP contribution in [0.5, 0.6) is 0 Å². The van der Waals surface area contributed by atoms with Crippen LogP contribution in [0.3, 0.4) is 0 Å². The second-order valence-electron chi connectivity index (χ2n) is 12.8. The molecule has 4 rings (SSSR count). The molecule has 0 spiro atoms. The number of carboxylic acid groups (broad SMARTS) is 1. The van der Waals surface area contributed by atoms with Gasteiger partial charge >= 0.3 is 5.97 Å². The fourth-order valence-corrected chi connectivity index (χ4v) is 8.88. The molecule has 10 atom stereocenters. The van der Waals surface area contributed by atoms with Crippen molar-refractivity contribution in [3.8, 4) is 0 Å². The van der Waals surface area contributed by atoms with Gasteiger partial charge in [-0.3, -0.25) is 4.79 Å². The van der Waals surface area contributed by atoms with Gasteiger partial charge in [-0.2, -0.15) is 0 Å². The van der Waals surface area contributed by atoms with Gasteiger partial charge in [0.25, 0.3) is 0 Å². The standard InChI is InChI=1S/C29H46O4/c1-16(2)17(3)7-8-20(27(32)33)23-12-11-22-19-9-10-21-18(4)26(31)25(30)15-29(21,6)24(19)13-14-28(22,23)5/h9,16,18,20-26,30-31H,3,7-8,10-15H2,1-2,4-6H3,(H,32,33)/t18-,20+,21?,22-,23+,24-,25+,26+,28-,29-/m0/s1. The van der Waals surface area contributed by atoms with Crippen molar-refractivity contribution in [1.82, 2.24) is 0 Å². The van der Waals surface area contributed by atoms with E-state index in [-0.39, 0.29) is 28.6 Å². The number of carbonyl (C=O) groups is 1. The average Bonchev–Trinajstić information content (AvgIpc) is 3.09. The SMILES string of the molecule is C=C(CC[C@@H](C(=O)O)[C@H]1CC[C@H]2C3=CCC4[C@H](C)[C@@H](O)[C@H](O)C[C@]4(C)[C@H]3CC[C@]12C)C(C)C. The molecule has 0 aromatic rings. The van der Waals surface area contributed by atoms with Crippen molar-refractivity contribution in [1.29, 1.82) is 0 Å². The van der Waals surface area contributed by atoms with Gasteiger partial charge in [0, 0.05) is 0 Å². The van der Waals surface area contributed by atoms with E-state index in [0.29, 0.717) is 36.5 Å². The zero-order valence-corrected chi connectivity index (χ0v) is 21.4. The maximum atomic E-state index is 12.4. The summed E-state index contributed by atoms with van der Waals surface area (Å²) < 4.78 is 0. The van der Waals surface area contributed by atoms with Crippen molar-refractivity contribution < 1.29 is 20.1 Å². The average molecular weight is 459 g/mol. The Hall–Kier alpha value is -1.13. The number of fused-ring (bicyclic) bond motifs is 5. The van der Waals surface area contributed by atoms with E-state index in [9.17, 15) is 20.1 Å². The highest BCUT2D eigenvalue weighted by Crippen LogP contribution is 2.67. The van der Waals surface area contributed by atoms with Gasteiger partial charge in [0.2, 0.25) is 0 Å². The van der Waals surface area contributed by atoms with Crippen molar-refractivity contribution >= 4 is 5.97 Å². The Morgan fingerprint density at radius 2 is 1.82 bits per heavy atom. The molecular weight excluding hydrogens is 412 g/mol. The largest absolute Gasteiger partial charge is 0.481 e. The molecule has 0 saturated heterocycles. The molecule has 0 radical (unpaired) electrons. The van der Waals surface area contributed by atoms with Crippen molar-refractivity contribution in [2.24, 2.45) is 52.3 Å². The molecule has 0 aromatic heterocycles. The van der Waals surface area contributed by atoms with Gasteiger partial charge < -0.3 is 15.3 Å². The molecule has 3 saturated carbocycles. The number of aliphatic hydroxyl groups is 2. The third kappa shape index (κ3) is 3.93. The van der Waals surface area contributed by atoms with Crippen molar-refractivity contribution in [3.05, 3.63) is 23.8 Å². The molecule has 0 bridgehead atoms. The predicted molar refractivity (Wildman–Crippen MR) is 131 cm³/mol. The number of aliphatic hydroxyl groups excluding tert-OH is 2. The molecule has 4 nitrogen and oxygen atoms in total. The van der Waals surface area contributed by atoms with E-state index in [1.807, 2.05) is 0 Å². The van der Waals surface area contributed by atoms with Crippen LogP contribution < -0.4 is 0 Å². The highest BCUT2D eigenvalue weighted by atomic mass is 16.4. The molecule has 3 N–H and O–H groups in total. The highest BCUT2D eigenvalue weighted by Gasteiger charge is 2.61. The van der Waals surface area contributed by atoms with Crippen molar-refractivity contribution in [2.75, 3.05) is 0 Å². The molecule has 4 heteroatoms. The summed E-state index contributed by atoms with van der Waals surface area (Å²) in [5.74, 6) is 1.08. The lowest BCUT2D eigenvalue weighted by atomic mass is 9.46. The van der Waals surface area contributed by atoms with Gasteiger partial charge in [-0.25, -0.2) is 0 Å². The van der Waals surface area contributed by atoms with Gasteiger partial charge in [-0.05, 0) is 97.7 Å². The summed E-state index contributed by atoms with van der Waals surface area (Å²) >= 11 is 0. The molecule has 186 valence electrons. The molecule has 0 heterocycles. The van der Waals surface area contributed by atoms with E-state index in [1.165, 1.54) is 0 Å². The summed E-state index contributed by atoms with van der Waals surface area (Å²) in [6, 6.07) is 0. The van der Waals surface area contributed by atoms with Crippen LogP contribution in [0.2, 0.25) is 0 Å². The number of rotatable bonds is 6. The fourth-order valence-electron chi connectivity index (χ4n) is 8.88. The van der Waals surface area contributed by atoms with Crippen LogP contribution in [0.25, 0.3) is 0 Å². The number of hydrogen-bond donors (Lipinski definition) is 3. The van der Waals surface area contributed by atoms with Gasteiger partial charge in [0.15, 0.2) is 0 Å². The summed E-state index contributed by atoms with van der Waals surface area (Å²) in [6.07, 6.45) is 8.56. The molecule has 33 heavy (non-hydrogen) atoms.